The van der Waals surface area contributed by atoms with Crippen molar-refractivity contribution in [2.24, 2.45) is 10.8 Å². The Morgan fingerprint density at radius 1 is 1.21 bits per heavy atom. The molecule has 2 aromatic carbocycles. The van der Waals surface area contributed by atoms with Crippen molar-refractivity contribution >= 4 is 12.2 Å². The van der Waals surface area contributed by atoms with Crippen LogP contribution in [0.15, 0.2) is 35.4 Å². The first-order valence-electron chi connectivity index (χ1n) is 11.1. The van der Waals surface area contributed by atoms with Gasteiger partial charge in [-0.05, 0) is 53.6 Å². The quantitative estimate of drug-likeness (QED) is 0.301. The number of nitrogens with two attached hydrogens (primary N) is 1. The monoisotopic (exact) mass is 452 g/mol. The van der Waals surface area contributed by atoms with Crippen molar-refractivity contribution < 1.29 is 14.6 Å². The van der Waals surface area contributed by atoms with Gasteiger partial charge in [-0.25, -0.2) is 5.43 Å². The minimum absolute atomic E-state index is 0.205. The smallest absolute Gasteiger partial charge is 0.206 e. The number of nitrogens with one attached hydrogen (secondary N) is 2. The maximum Gasteiger partial charge on any atom is 0.206 e. The number of rotatable bonds is 5. The highest BCUT2D eigenvalue weighted by atomic mass is 16.5. The summed E-state index contributed by atoms with van der Waals surface area (Å²) in [6, 6.07) is 9.47. The summed E-state index contributed by atoms with van der Waals surface area (Å²) in [6.07, 6.45) is 2.24. The number of fused-ring (bicyclic) bond motifs is 1. The van der Waals surface area contributed by atoms with Crippen molar-refractivity contribution in [2.75, 3.05) is 6.61 Å². The zero-order valence-corrected chi connectivity index (χ0v) is 20.7. The van der Waals surface area contributed by atoms with E-state index < -0.39 is 5.60 Å². The molecule has 0 radical (unpaired) electrons. The molecule has 0 spiro atoms. The maximum atomic E-state index is 11.2. The van der Waals surface area contributed by atoms with E-state index in [0.717, 1.165) is 33.8 Å². The van der Waals surface area contributed by atoms with Crippen molar-refractivity contribution in [1.29, 1.82) is 5.41 Å². The van der Waals surface area contributed by atoms with Crippen LogP contribution in [0.25, 0.3) is 0 Å². The Kier molecular flexibility index (Phi) is 6.37. The lowest BCUT2D eigenvalue weighted by Crippen LogP contribution is -2.37. The molecule has 33 heavy (non-hydrogen) atoms. The molecule has 0 amide bonds. The summed E-state index contributed by atoms with van der Waals surface area (Å²) in [6.45, 7) is 15.1. The van der Waals surface area contributed by atoms with E-state index in [1.807, 2.05) is 37.3 Å². The van der Waals surface area contributed by atoms with Gasteiger partial charge in [-0.2, -0.15) is 5.10 Å². The molecule has 3 rings (SSSR count). The lowest BCUT2D eigenvalue weighted by Gasteiger charge is -2.29. The molecule has 1 aliphatic rings. The van der Waals surface area contributed by atoms with Crippen LogP contribution >= 0.6 is 0 Å². The highest BCUT2D eigenvalue weighted by Gasteiger charge is 2.41. The van der Waals surface area contributed by atoms with Gasteiger partial charge in [0.2, 0.25) is 5.96 Å². The van der Waals surface area contributed by atoms with Gasteiger partial charge in [-0.1, -0.05) is 41.5 Å². The average molecular weight is 453 g/mol. The Hall–Kier alpha value is -3.22. The van der Waals surface area contributed by atoms with Crippen molar-refractivity contribution in [2.45, 2.75) is 71.3 Å². The molecule has 0 saturated carbocycles. The van der Waals surface area contributed by atoms with Gasteiger partial charge in [0, 0.05) is 23.1 Å². The zero-order chi connectivity index (χ0) is 24.6. The van der Waals surface area contributed by atoms with Crippen molar-refractivity contribution in [1.82, 2.24) is 5.43 Å². The number of ether oxygens (including phenoxy) is 2. The number of aromatic hydroxyl groups is 1. The van der Waals surface area contributed by atoms with E-state index in [0.29, 0.717) is 18.8 Å². The Bertz CT molecular complexity index is 1060. The highest BCUT2D eigenvalue weighted by Crippen LogP contribution is 2.49. The Morgan fingerprint density at radius 3 is 2.39 bits per heavy atom. The Labute approximate surface area is 196 Å². The standard InChI is InChI=1S/C26H36N4O3/c1-24(2,3)19-12-20-18(21(22(19)31)25(4,5)6)13-26(7,33-20)15-32-17-10-8-16(9-11-17)14-29-30-23(27)28/h8-12,14,31H,13,15H2,1-7H3,(H4,27,28,30). The molecule has 5 N–H and O–H groups in total. The molecule has 1 heterocycles. The number of hydrogen-bond acceptors (Lipinski definition) is 5. The molecule has 7 nitrogen and oxygen atoms in total. The van der Waals surface area contributed by atoms with Crippen LogP contribution in [0.5, 0.6) is 17.2 Å². The molecular formula is C26H36N4O3. The van der Waals surface area contributed by atoms with Gasteiger partial charge in [-0.3, -0.25) is 5.41 Å². The first-order valence-corrected chi connectivity index (χ1v) is 11.1. The maximum absolute atomic E-state index is 11.2. The van der Waals surface area contributed by atoms with E-state index in [-0.39, 0.29) is 16.8 Å². The molecule has 0 bridgehead atoms. The third kappa shape index (κ3) is 5.59. The third-order valence-electron chi connectivity index (χ3n) is 5.65. The van der Waals surface area contributed by atoms with Gasteiger partial charge in [0.05, 0.1) is 6.21 Å². The van der Waals surface area contributed by atoms with Crippen LogP contribution in [0.1, 0.15) is 70.7 Å². The lowest BCUT2D eigenvalue weighted by atomic mass is 9.76. The van der Waals surface area contributed by atoms with Crippen LogP contribution in [-0.2, 0) is 17.3 Å². The predicted octanol–water partition coefficient (Wildman–Crippen LogP) is 4.58. The Balaban J connectivity index is 1.79. The number of phenolic OH excluding ortho intramolecular Hbond substituents is 1. The average Bonchev–Trinajstić information content (AvgIpc) is 3.00. The van der Waals surface area contributed by atoms with E-state index in [9.17, 15) is 5.11 Å². The number of nitrogens with zero attached hydrogens (tertiary/aromatic N) is 1. The van der Waals surface area contributed by atoms with Crippen molar-refractivity contribution in [3.8, 4) is 17.2 Å². The number of hydrazone groups is 1. The molecule has 1 unspecified atom stereocenters. The van der Waals surface area contributed by atoms with Gasteiger partial charge in [-0.15, -0.1) is 0 Å². The minimum atomic E-state index is -0.545. The number of guanidine groups is 1. The molecule has 0 aliphatic carbocycles. The summed E-state index contributed by atoms with van der Waals surface area (Å²) < 4.78 is 12.5. The van der Waals surface area contributed by atoms with Crippen LogP contribution in [0.2, 0.25) is 0 Å². The Morgan fingerprint density at radius 2 is 1.85 bits per heavy atom. The summed E-state index contributed by atoms with van der Waals surface area (Å²) in [5.74, 6) is 1.72. The summed E-state index contributed by atoms with van der Waals surface area (Å²) in [7, 11) is 0. The topological polar surface area (TPSA) is 113 Å². The number of benzene rings is 2. The first kappa shape index (κ1) is 24.4. The molecular weight excluding hydrogens is 416 g/mol. The predicted molar refractivity (Wildman–Crippen MR) is 133 cm³/mol. The second-order valence-electron chi connectivity index (χ2n) is 11.0. The van der Waals surface area contributed by atoms with E-state index in [1.54, 1.807) is 6.21 Å². The second kappa shape index (κ2) is 8.61. The molecule has 1 atom stereocenters. The number of hydrogen-bond donors (Lipinski definition) is 4. The summed E-state index contributed by atoms with van der Waals surface area (Å²) in [5, 5.41) is 22.2. The van der Waals surface area contributed by atoms with Gasteiger partial charge < -0.3 is 20.3 Å². The van der Waals surface area contributed by atoms with E-state index in [2.05, 4.69) is 52.1 Å². The van der Waals surface area contributed by atoms with Crippen LogP contribution in [0.3, 0.4) is 0 Å². The van der Waals surface area contributed by atoms with Gasteiger partial charge in [0.25, 0.3) is 0 Å². The van der Waals surface area contributed by atoms with Crippen LogP contribution < -0.4 is 20.6 Å². The SMILES string of the molecule is CC1(COc2ccc(C=NNC(=N)N)cc2)Cc2c(cc(C(C)(C)C)c(O)c2C(C)(C)C)O1. The second-order valence-corrected chi connectivity index (χ2v) is 11.0. The summed E-state index contributed by atoms with van der Waals surface area (Å²) in [4.78, 5) is 0. The highest BCUT2D eigenvalue weighted by molar-refractivity contribution is 5.82. The van der Waals surface area contributed by atoms with Gasteiger partial charge >= 0.3 is 0 Å². The van der Waals surface area contributed by atoms with Gasteiger partial charge in [0.15, 0.2) is 0 Å². The first-order chi connectivity index (χ1) is 15.2. The fourth-order valence-electron chi connectivity index (χ4n) is 4.15. The largest absolute Gasteiger partial charge is 0.507 e. The van der Waals surface area contributed by atoms with E-state index in [4.69, 9.17) is 20.6 Å². The normalized spacial score (nSPS) is 18.2. The third-order valence-corrected chi connectivity index (χ3v) is 5.65. The van der Waals surface area contributed by atoms with E-state index >= 15 is 0 Å². The molecule has 7 heteroatoms. The summed E-state index contributed by atoms with van der Waals surface area (Å²) in [5.41, 5.74) is 10.4. The van der Waals surface area contributed by atoms with Crippen LogP contribution in [0, 0.1) is 5.41 Å². The summed E-state index contributed by atoms with van der Waals surface area (Å²) >= 11 is 0. The molecule has 0 fully saturated rings. The van der Waals surface area contributed by atoms with Crippen molar-refractivity contribution in [3.63, 3.8) is 0 Å². The molecule has 0 saturated heterocycles. The molecule has 0 aromatic heterocycles. The molecule has 1 aliphatic heterocycles. The fourth-order valence-corrected chi connectivity index (χ4v) is 4.15. The number of phenols is 1. The van der Waals surface area contributed by atoms with Crippen LogP contribution in [-0.4, -0.2) is 29.5 Å². The van der Waals surface area contributed by atoms with Gasteiger partial charge in [0.1, 0.15) is 29.5 Å². The van der Waals surface area contributed by atoms with Crippen LogP contribution in [0.4, 0.5) is 0 Å². The zero-order valence-electron chi connectivity index (χ0n) is 20.7. The van der Waals surface area contributed by atoms with E-state index in [1.165, 1.54) is 0 Å². The van der Waals surface area contributed by atoms with Crippen molar-refractivity contribution in [3.05, 3.63) is 52.6 Å². The minimum Gasteiger partial charge on any atom is -0.507 e. The fraction of sp³-hybridized carbons (Fsp3) is 0.462. The lowest BCUT2D eigenvalue weighted by molar-refractivity contribution is 0.0558. The molecule has 2 aromatic rings. The molecule has 178 valence electrons.